The van der Waals surface area contributed by atoms with E-state index in [1.807, 2.05) is 20.8 Å². The molecule has 1 amide bonds. The van der Waals surface area contributed by atoms with E-state index in [1.54, 1.807) is 0 Å². The Kier molecular flexibility index (Phi) is 4.21. The number of amides is 1. The van der Waals surface area contributed by atoms with Crippen molar-refractivity contribution in [2.75, 3.05) is 7.11 Å². The summed E-state index contributed by atoms with van der Waals surface area (Å²) in [4.78, 5) is 10.7. The van der Waals surface area contributed by atoms with Crippen molar-refractivity contribution < 1.29 is 18.7 Å². The molecule has 0 bridgehead atoms. The number of benzene rings is 1. The van der Waals surface area contributed by atoms with Crippen molar-refractivity contribution >= 4 is 22.0 Å². The van der Waals surface area contributed by atoms with Crippen molar-refractivity contribution in [3.8, 4) is 11.5 Å². The lowest BCUT2D eigenvalue weighted by molar-refractivity contribution is 0.208. The van der Waals surface area contributed by atoms with Crippen LogP contribution in [0.1, 0.15) is 26.3 Å². The molecule has 6 heteroatoms. The Morgan fingerprint density at radius 3 is 2.39 bits per heavy atom. The summed E-state index contributed by atoms with van der Waals surface area (Å²) in [6.45, 7) is 5.48. The Morgan fingerprint density at radius 1 is 1.44 bits per heavy atom. The molecule has 0 aliphatic carbocycles. The molecule has 0 atom stereocenters. The zero-order valence-corrected chi connectivity index (χ0v) is 12.2. The molecular formula is C12H15BrFNO3. The molecule has 0 aromatic heterocycles. The van der Waals surface area contributed by atoms with Gasteiger partial charge in [0.15, 0.2) is 11.6 Å². The third kappa shape index (κ3) is 2.93. The van der Waals surface area contributed by atoms with Gasteiger partial charge in [0.2, 0.25) is 0 Å². The molecule has 0 saturated carbocycles. The lowest BCUT2D eigenvalue weighted by Crippen LogP contribution is -2.20. The maximum atomic E-state index is 14.3. The largest absolute Gasteiger partial charge is 0.495 e. The van der Waals surface area contributed by atoms with Gasteiger partial charge < -0.3 is 15.2 Å². The second kappa shape index (κ2) is 5.14. The summed E-state index contributed by atoms with van der Waals surface area (Å²) in [5.41, 5.74) is 4.70. The minimum Gasteiger partial charge on any atom is -0.495 e. The SMILES string of the molecule is COc1c(Br)cc(OC(N)=O)c(F)c1C(C)(C)C. The first-order valence-corrected chi connectivity index (χ1v) is 6.01. The number of carbonyl (C=O) groups is 1. The normalized spacial score (nSPS) is 11.2. The first-order valence-electron chi connectivity index (χ1n) is 5.22. The van der Waals surface area contributed by atoms with E-state index in [-0.39, 0.29) is 5.75 Å². The lowest BCUT2D eigenvalue weighted by atomic mass is 9.85. The van der Waals surface area contributed by atoms with Gasteiger partial charge in [0, 0.05) is 11.6 Å². The zero-order valence-electron chi connectivity index (χ0n) is 10.6. The van der Waals surface area contributed by atoms with Gasteiger partial charge in [0.1, 0.15) is 5.75 Å². The highest BCUT2D eigenvalue weighted by atomic mass is 79.9. The maximum absolute atomic E-state index is 14.3. The smallest absolute Gasteiger partial charge is 0.410 e. The van der Waals surface area contributed by atoms with Crippen LogP contribution >= 0.6 is 15.9 Å². The molecule has 100 valence electrons. The fourth-order valence-corrected chi connectivity index (χ4v) is 2.21. The molecule has 0 fully saturated rings. The number of methoxy groups -OCH3 is 1. The Labute approximate surface area is 113 Å². The van der Waals surface area contributed by atoms with Crippen LogP contribution in [0.25, 0.3) is 0 Å². The van der Waals surface area contributed by atoms with Crippen molar-refractivity contribution in [1.29, 1.82) is 0 Å². The Hall–Kier alpha value is -1.30. The van der Waals surface area contributed by atoms with Gasteiger partial charge in [-0.3, -0.25) is 0 Å². The van der Waals surface area contributed by atoms with Crippen LogP contribution in [0.15, 0.2) is 10.5 Å². The van der Waals surface area contributed by atoms with Crippen molar-refractivity contribution in [2.24, 2.45) is 5.73 Å². The molecule has 1 aromatic carbocycles. The van der Waals surface area contributed by atoms with E-state index in [0.29, 0.717) is 15.8 Å². The molecule has 0 aliphatic heterocycles. The molecule has 1 rings (SSSR count). The summed E-state index contributed by atoms with van der Waals surface area (Å²) < 4.78 is 24.6. The van der Waals surface area contributed by atoms with Gasteiger partial charge >= 0.3 is 6.09 Å². The average Bonchev–Trinajstić information content (AvgIpc) is 2.19. The minimum absolute atomic E-state index is 0.222. The third-order valence-corrected chi connectivity index (χ3v) is 2.89. The second-order valence-corrected chi connectivity index (χ2v) is 5.60. The highest BCUT2D eigenvalue weighted by Crippen LogP contribution is 2.42. The van der Waals surface area contributed by atoms with Crippen LogP contribution in [-0.2, 0) is 5.41 Å². The monoisotopic (exact) mass is 319 g/mol. The molecule has 0 unspecified atom stereocenters. The zero-order chi connectivity index (χ0) is 14.1. The Bertz CT molecular complexity index is 483. The second-order valence-electron chi connectivity index (χ2n) is 4.75. The van der Waals surface area contributed by atoms with Crippen LogP contribution in [0.3, 0.4) is 0 Å². The standard InChI is InChI=1S/C12H15BrFNO3/c1-12(2,3)8-9(14)7(18-11(15)16)5-6(13)10(8)17-4/h5H,1-4H3,(H2,15,16). The first kappa shape index (κ1) is 14.8. The van der Waals surface area contributed by atoms with E-state index in [0.717, 1.165) is 0 Å². The van der Waals surface area contributed by atoms with Crippen molar-refractivity contribution in [2.45, 2.75) is 26.2 Å². The molecule has 18 heavy (non-hydrogen) atoms. The highest BCUT2D eigenvalue weighted by molar-refractivity contribution is 9.10. The van der Waals surface area contributed by atoms with Crippen molar-refractivity contribution in [3.63, 3.8) is 0 Å². The van der Waals surface area contributed by atoms with E-state index in [2.05, 4.69) is 20.7 Å². The molecule has 0 saturated heterocycles. The summed E-state index contributed by atoms with van der Waals surface area (Å²) in [6.07, 6.45) is -1.06. The summed E-state index contributed by atoms with van der Waals surface area (Å²) in [5.74, 6) is -0.502. The number of halogens is 2. The van der Waals surface area contributed by atoms with Gasteiger partial charge in [0.05, 0.1) is 11.6 Å². The van der Waals surface area contributed by atoms with Crippen LogP contribution in [0, 0.1) is 5.82 Å². The number of ether oxygens (including phenoxy) is 2. The van der Waals surface area contributed by atoms with Crippen LogP contribution in [-0.4, -0.2) is 13.2 Å². The van der Waals surface area contributed by atoms with Gasteiger partial charge in [-0.15, -0.1) is 0 Å². The van der Waals surface area contributed by atoms with Gasteiger partial charge in [-0.05, 0) is 21.3 Å². The summed E-state index contributed by atoms with van der Waals surface area (Å²) in [6, 6.07) is 1.31. The number of nitrogens with two attached hydrogens (primary N) is 1. The van der Waals surface area contributed by atoms with Crippen LogP contribution in [0.2, 0.25) is 0 Å². The molecule has 2 N–H and O–H groups in total. The number of hydrogen-bond acceptors (Lipinski definition) is 3. The number of carbonyl (C=O) groups excluding carboxylic acids is 1. The quantitative estimate of drug-likeness (QED) is 0.909. The fourth-order valence-electron chi connectivity index (χ4n) is 1.64. The first-order chi connectivity index (χ1) is 8.18. The maximum Gasteiger partial charge on any atom is 0.410 e. The Balaban J connectivity index is 3.54. The molecule has 0 spiro atoms. The Morgan fingerprint density at radius 2 is 2.00 bits per heavy atom. The highest BCUT2D eigenvalue weighted by Gasteiger charge is 2.28. The van der Waals surface area contributed by atoms with Crippen LogP contribution < -0.4 is 15.2 Å². The van der Waals surface area contributed by atoms with Crippen molar-refractivity contribution in [1.82, 2.24) is 0 Å². The third-order valence-electron chi connectivity index (χ3n) is 2.30. The lowest BCUT2D eigenvalue weighted by Gasteiger charge is -2.24. The van der Waals surface area contributed by atoms with Gasteiger partial charge in [-0.2, -0.15) is 0 Å². The van der Waals surface area contributed by atoms with E-state index in [9.17, 15) is 9.18 Å². The number of rotatable bonds is 2. The van der Waals surface area contributed by atoms with Gasteiger partial charge in [0.25, 0.3) is 0 Å². The minimum atomic E-state index is -1.06. The van der Waals surface area contributed by atoms with Gasteiger partial charge in [-0.25, -0.2) is 9.18 Å². The number of hydrogen-bond donors (Lipinski definition) is 1. The summed E-state index contributed by atoms with van der Waals surface area (Å²) >= 11 is 3.25. The fraction of sp³-hybridized carbons (Fsp3) is 0.417. The van der Waals surface area contributed by atoms with Crippen LogP contribution in [0.5, 0.6) is 11.5 Å². The molecular weight excluding hydrogens is 305 g/mol. The summed E-state index contributed by atoms with van der Waals surface area (Å²) in [5, 5.41) is 0. The summed E-state index contributed by atoms with van der Waals surface area (Å²) in [7, 11) is 1.45. The molecule has 0 heterocycles. The van der Waals surface area contributed by atoms with E-state index < -0.39 is 17.3 Å². The molecule has 0 radical (unpaired) electrons. The molecule has 0 aliphatic rings. The van der Waals surface area contributed by atoms with E-state index in [1.165, 1.54) is 13.2 Å². The molecule has 1 aromatic rings. The van der Waals surface area contributed by atoms with E-state index >= 15 is 0 Å². The van der Waals surface area contributed by atoms with E-state index in [4.69, 9.17) is 10.5 Å². The van der Waals surface area contributed by atoms with Crippen molar-refractivity contribution in [3.05, 3.63) is 21.9 Å². The molecule has 4 nitrogen and oxygen atoms in total. The van der Waals surface area contributed by atoms with Gasteiger partial charge in [-0.1, -0.05) is 20.8 Å². The number of primary amides is 1. The predicted octanol–water partition coefficient (Wildman–Crippen LogP) is 3.35. The topological polar surface area (TPSA) is 61.6 Å². The average molecular weight is 320 g/mol. The van der Waals surface area contributed by atoms with Crippen LogP contribution in [0.4, 0.5) is 9.18 Å². The predicted molar refractivity (Wildman–Crippen MR) is 69.6 cm³/mol.